The van der Waals surface area contributed by atoms with Gasteiger partial charge in [-0.1, -0.05) is 0 Å². The molecule has 0 rings (SSSR count). The zero-order chi connectivity index (χ0) is 13.8. The van der Waals surface area contributed by atoms with Gasteiger partial charge < -0.3 is 20.3 Å². The van der Waals surface area contributed by atoms with Crippen LogP contribution in [0, 0.1) is 5.92 Å². The molecular formula is C11H21NO5. The fraction of sp³-hybridized carbons (Fsp3) is 0.818. The molecule has 0 saturated carbocycles. The lowest BCUT2D eigenvalue weighted by Gasteiger charge is -2.26. The standard InChI is InChI=1S/C11H21NO5/c1-6(8(7(2)13)9(14)15)12-10(16)17-11(3,4)5/h6-8,13H,1-5H3,(H,12,16)(H,14,15)/t6-,7+,8+/m1/s1. The number of aliphatic carboxylic acids is 1. The molecule has 0 aromatic heterocycles. The summed E-state index contributed by atoms with van der Waals surface area (Å²) in [5, 5.41) is 20.6. The van der Waals surface area contributed by atoms with E-state index in [1.54, 1.807) is 20.8 Å². The van der Waals surface area contributed by atoms with Crippen molar-refractivity contribution >= 4 is 12.1 Å². The number of nitrogens with one attached hydrogen (secondary N) is 1. The fourth-order valence-corrected chi connectivity index (χ4v) is 1.42. The van der Waals surface area contributed by atoms with Gasteiger partial charge in [0.15, 0.2) is 0 Å². The van der Waals surface area contributed by atoms with Crippen molar-refractivity contribution in [1.82, 2.24) is 5.32 Å². The maximum Gasteiger partial charge on any atom is 0.407 e. The van der Waals surface area contributed by atoms with Crippen LogP contribution in [0.15, 0.2) is 0 Å². The minimum absolute atomic E-state index is 0.645. The smallest absolute Gasteiger partial charge is 0.407 e. The third-order valence-corrected chi connectivity index (χ3v) is 2.09. The molecule has 0 heterocycles. The number of hydrogen-bond acceptors (Lipinski definition) is 4. The summed E-state index contributed by atoms with van der Waals surface area (Å²) in [6.07, 6.45) is -1.76. The van der Waals surface area contributed by atoms with Gasteiger partial charge in [0.25, 0.3) is 0 Å². The molecule has 6 nitrogen and oxygen atoms in total. The Morgan fingerprint density at radius 3 is 2.00 bits per heavy atom. The van der Waals surface area contributed by atoms with Crippen molar-refractivity contribution in [2.45, 2.75) is 52.4 Å². The maximum absolute atomic E-state index is 11.4. The van der Waals surface area contributed by atoms with Crippen molar-refractivity contribution in [1.29, 1.82) is 0 Å². The molecule has 0 aromatic carbocycles. The normalized spacial score (nSPS) is 16.8. The van der Waals surface area contributed by atoms with E-state index >= 15 is 0 Å². The van der Waals surface area contributed by atoms with Crippen LogP contribution in [0.4, 0.5) is 4.79 Å². The van der Waals surface area contributed by atoms with E-state index < -0.39 is 35.7 Å². The van der Waals surface area contributed by atoms with Crippen LogP contribution in [0.2, 0.25) is 0 Å². The predicted molar refractivity (Wildman–Crippen MR) is 61.6 cm³/mol. The molecule has 0 unspecified atom stereocenters. The SMILES string of the molecule is C[C@H](O)[C@@H](C(=O)O)[C@@H](C)NC(=O)OC(C)(C)C. The lowest BCUT2D eigenvalue weighted by molar-refractivity contribution is -0.146. The number of carbonyl (C=O) groups excluding carboxylic acids is 1. The number of ether oxygens (including phenoxy) is 1. The minimum atomic E-state index is -1.16. The Morgan fingerprint density at radius 2 is 1.71 bits per heavy atom. The number of carboxylic acid groups (broad SMARTS) is 1. The highest BCUT2D eigenvalue weighted by atomic mass is 16.6. The molecule has 0 aliphatic heterocycles. The van der Waals surface area contributed by atoms with E-state index in [0.29, 0.717) is 0 Å². The first kappa shape index (κ1) is 15.7. The summed E-state index contributed by atoms with van der Waals surface area (Å²) in [7, 11) is 0. The second-order valence-electron chi connectivity index (χ2n) is 5.04. The van der Waals surface area contributed by atoms with Gasteiger partial charge in [-0.05, 0) is 34.6 Å². The largest absolute Gasteiger partial charge is 0.481 e. The molecule has 3 atom stereocenters. The van der Waals surface area contributed by atoms with Gasteiger partial charge in [0.05, 0.1) is 6.10 Å². The third kappa shape index (κ3) is 6.11. The second kappa shape index (κ2) is 5.86. The number of aliphatic hydroxyl groups is 1. The number of rotatable bonds is 4. The number of alkyl carbamates (subject to hydrolysis) is 1. The van der Waals surface area contributed by atoms with Crippen LogP contribution in [0.5, 0.6) is 0 Å². The molecule has 6 heteroatoms. The Labute approximate surface area is 101 Å². The van der Waals surface area contributed by atoms with Gasteiger partial charge >= 0.3 is 12.1 Å². The number of amides is 1. The number of aliphatic hydroxyl groups excluding tert-OH is 1. The monoisotopic (exact) mass is 247 g/mol. The molecule has 0 fully saturated rings. The zero-order valence-corrected chi connectivity index (χ0v) is 10.9. The van der Waals surface area contributed by atoms with Gasteiger partial charge in [0, 0.05) is 6.04 Å². The average Bonchev–Trinajstić information content (AvgIpc) is 1.96. The van der Waals surface area contributed by atoms with Crippen molar-refractivity contribution in [2.75, 3.05) is 0 Å². The molecule has 1 amide bonds. The van der Waals surface area contributed by atoms with E-state index in [0.717, 1.165) is 0 Å². The summed E-state index contributed by atoms with van der Waals surface area (Å²) >= 11 is 0. The van der Waals surface area contributed by atoms with E-state index in [2.05, 4.69) is 5.32 Å². The maximum atomic E-state index is 11.4. The molecule has 3 N–H and O–H groups in total. The van der Waals surface area contributed by atoms with Gasteiger partial charge in [-0.3, -0.25) is 4.79 Å². The first-order chi connectivity index (χ1) is 7.54. The molecule has 0 spiro atoms. The fourth-order valence-electron chi connectivity index (χ4n) is 1.42. The molecule has 0 aliphatic rings. The average molecular weight is 247 g/mol. The van der Waals surface area contributed by atoms with Gasteiger partial charge in [0.1, 0.15) is 11.5 Å². The van der Waals surface area contributed by atoms with E-state index in [1.165, 1.54) is 13.8 Å². The highest BCUT2D eigenvalue weighted by Crippen LogP contribution is 2.12. The lowest BCUT2D eigenvalue weighted by atomic mass is 9.96. The van der Waals surface area contributed by atoms with Crippen molar-refractivity contribution in [3.8, 4) is 0 Å². The minimum Gasteiger partial charge on any atom is -0.481 e. The van der Waals surface area contributed by atoms with Crippen molar-refractivity contribution in [3.63, 3.8) is 0 Å². The summed E-state index contributed by atoms with van der Waals surface area (Å²) in [6, 6.07) is -0.720. The first-order valence-electron chi connectivity index (χ1n) is 5.45. The molecule has 100 valence electrons. The summed E-state index contributed by atoms with van der Waals surface area (Å²) in [4.78, 5) is 22.3. The zero-order valence-electron chi connectivity index (χ0n) is 10.9. The molecule has 0 bridgehead atoms. The van der Waals surface area contributed by atoms with Crippen LogP contribution in [0.3, 0.4) is 0 Å². The van der Waals surface area contributed by atoms with Gasteiger partial charge in [0.2, 0.25) is 0 Å². The molecular weight excluding hydrogens is 226 g/mol. The molecule has 0 saturated heterocycles. The summed E-state index contributed by atoms with van der Waals surface area (Å²) in [5.41, 5.74) is -0.645. The molecule has 0 aromatic rings. The first-order valence-corrected chi connectivity index (χ1v) is 5.45. The third-order valence-electron chi connectivity index (χ3n) is 2.09. The number of carbonyl (C=O) groups is 2. The predicted octanol–water partition coefficient (Wildman–Crippen LogP) is 0.981. The highest BCUT2D eigenvalue weighted by Gasteiger charge is 2.31. The Bertz CT molecular complexity index is 282. The van der Waals surface area contributed by atoms with Crippen LogP contribution >= 0.6 is 0 Å². The summed E-state index contributed by atoms with van der Waals surface area (Å²) < 4.78 is 4.99. The Morgan fingerprint density at radius 1 is 1.24 bits per heavy atom. The van der Waals surface area contributed by atoms with Crippen LogP contribution in [-0.2, 0) is 9.53 Å². The molecule has 0 radical (unpaired) electrons. The van der Waals surface area contributed by atoms with E-state index in [9.17, 15) is 14.7 Å². The van der Waals surface area contributed by atoms with Gasteiger partial charge in [-0.2, -0.15) is 0 Å². The molecule has 17 heavy (non-hydrogen) atoms. The van der Waals surface area contributed by atoms with E-state index in [1.807, 2.05) is 0 Å². The Kier molecular flexibility index (Phi) is 5.41. The second-order valence-corrected chi connectivity index (χ2v) is 5.04. The number of hydrogen-bond donors (Lipinski definition) is 3. The molecule has 0 aliphatic carbocycles. The van der Waals surface area contributed by atoms with E-state index in [-0.39, 0.29) is 0 Å². The van der Waals surface area contributed by atoms with Crippen LogP contribution in [0.25, 0.3) is 0 Å². The van der Waals surface area contributed by atoms with Crippen LogP contribution in [0.1, 0.15) is 34.6 Å². The summed E-state index contributed by atoms with van der Waals surface area (Å²) in [5.74, 6) is -2.23. The summed E-state index contributed by atoms with van der Waals surface area (Å²) in [6.45, 7) is 8.00. The van der Waals surface area contributed by atoms with Crippen molar-refractivity contribution < 1.29 is 24.5 Å². The quantitative estimate of drug-likeness (QED) is 0.688. The van der Waals surface area contributed by atoms with Gasteiger partial charge in [-0.25, -0.2) is 4.79 Å². The van der Waals surface area contributed by atoms with Gasteiger partial charge in [-0.15, -0.1) is 0 Å². The van der Waals surface area contributed by atoms with Crippen LogP contribution < -0.4 is 5.32 Å². The topological polar surface area (TPSA) is 95.9 Å². The lowest BCUT2D eigenvalue weighted by Crippen LogP contribution is -2.47. The number of carboxylic acids is 1. The van der Waals surface area contributed by atoms with Crippen LogP contribution in [-0.4, -0.2) is 40.0 Å². The van der Waals surface area contributed by atoms with Crippen molar-refractivity contribution in [3.05, 3.63) is 0 Å². The highest BCUT2D eigenvalue weighted by molar-refractivity contribution is 5.74. The Hall–Kier alpha value is -1.30. The Balaban J connectivity index is 4.46. The van der Waals surface area contributed by atoms with Crippen molar-refractivity contribution in [2.24, 2.45) is 5.92 Å². The van der Waals surface area contributed by atoms with E-state index in [4.69, 9.17) is 9.84 Å².